The molecule has 0 radical (unpaired) electrons. The number of ether oxygens (including phenoxy) is 1. The van der Waals surface area contributed by atoms with Gasteiger partial charge in [0.05, 0.1) is 6.54 Å². The van der Waals surface area contributed by atoms with Crippen molar-refractivity contribution >= 4 is 12.1 Å². The summed E-state index contributed by atoms with van der Waals surface area (Å²) in [5.41, 5.74) is 0. The van der Waals surface area contributed by atoms with Gasteiger partial charge in [-0.3, -0.25) is 0 Å². The molecule has 1 amide bonds. The van der Waals surface area contributed by atoms with Crippen molar-refractivity contribution in [2.24, 2.45) is 0 Å². The number of nitrogens with zero attached hydrogens (tertiary/aromatic N) is 2. The minimum Gasteiger partial charge on any atom is -0.478 e. The first-order chi connectivity index (χ1) is 7.58. The van der Waals surface area contributed by atoms with E-state index in [2.05, 4.69) is 4.90 Å². The van der Waals surface area contributed by atoms with Gasteiger partial charge in [-0.25, -0.2) is 9.59 Å². The summed E-state index contributed by atoms with van der Waals surface area (Å²) in [5.74, 6) is -1.07. The first-order valence-electron chi connectivity index (χ1n) is 5.46. The van der Waals surface area contributed by atoms with Crippen LogP contribution in [0.1, 0.15) is 12.8 Å². The van der Waals surface area contributed by atoms with Crippen molar-refractivity contribution in [2.75, 3.05) is 26.7 Å². The average molecular weight is 228 g/mol. The lowest BCUT2D eigenvalue weighted by atomic mass is 10.0. The van der Waals surface area contributed by atoms with Crippen LogP contribution in [0.4, 0.5) is 4.79 Å². The van der Waals surface area contributed by atoms with Crippen LogP contribution in [0.3, 0.4) is 0 Å². The molecule has 2 rings (SSSR count). The molecule has 2 aliphatic rings. The lowest BCUT2D eigenvalue weighted by molar-refractivity contribution is -0.144. The molecule has 6 nitrogen and oxygen atoms in total. The van der Waals surface area contributed by atoms with Gasteiger partial charge in [0.15, 0.2) is 0 Å². The number of hydrogen-bond donors (Lipinski definition) is 1. The van der Waals surface area contributed by atoms with Gasteiger partial charge in [0.25, 0.3) is 0 Å². The van der Waals surface area contributed by atoms with Gasteiger partial charge < -0.3 is 19.6 Å². The molecule has 2 saturated heterocycles. The number of piperidine rings is 1. The fourth-order valence-corrected chi connectivity index (χ4v) is 2.21. The van der Waals surface area contributed by atoms with Crippen LogP contribution in [-0.2, 0) is 9.53 Å². The second-order valence-electron chi connectivity index (χ2n) is 4.40. The zero-order chi connectivity index (χ0) is 11.7. The van der Waals surface area contributed by atoms with Crippen molar-refractivity contribution in [3.63, 3.8) is 0 Å². The highest BCUT2D eigenvalue weighted by Gasteiger charge is 2.40. The van der Waals surface area contributed by atoms with E-state index < -0.39 is 18.2 Å². The van der Waals surface area contributed by atoms with E-state index in [0.717, 1.165) is 25.9 Å². The summed E-state index contributed by atoms with van der Waals surface area (Å²) in [6.45, 7) is 2.06. The fraction of sp³-hybridized carbons (Fsp3) is 0.800. The van der Waals surface area contributed by atoms with Gasteiger partial charge in [-0.15, -0.1) is 0 Å². The summed E-state index contributed by atoms with van der Waals surface area (Å²) in [7, 11) is 2.04. The summed E-state index contributed by atoms with van der Waals surface area (Å²) < 4.78 is 4.79. The number of carbonyl (C=O) groups excluding carboxylic acids is 1. The third kappa shape index (κ3) is 2.11. The first kappa shape index (κ1) is 11.2. The Bertz CT molecular complexity index is 299. The lowest BCUT2D eigenvalue weighted by Crippen LogP contribution is -2.44. The summed E-state index contributed by atoms with van der Waals surface area (Å²) in [4.78, 5) is 26.0. The Hall–Kier alpha value is -1.30. The molecular weight excluding hydrogens is 212 g/mol. The monoisotopic (exact) mass is 228 g/mol. The number of cyclic esters (lactones) is 1. The first-order valence-corrected chi connectivity index (χ1v) is 5.46. The lowest BCUT2D eigenvalue weighted by Gasteiger charge is -2.33. The van der Waals surface area contributed by atoms with Crippen LogP contribution >= 0.6 is 0 Å². The topological polar surface area (TPSA) is 70.1 Å². The van der Waals surface area contributed by atoms with Gasteiger partial charge in [-0.1, -0.05) is 0 Å². The number of carboxylic acid groups (broad SMARTS) is 1. The van der Waals surface area contributed by atoms with Gasteiger partial charge in [-0.05, 0) is 33.0 Å². The van der Waals surface area contributed by atoms with Gasteiger partial charge in [0.1, 0.15) is 0 Å². The third-order valence-electron chi connectivity index (χ3n) is 3.24. The number of aliphatic carboxylic acids is 1. The number of hydrogen-bond acceptors (Lipinski definition) is 4. The number of amides is 1. The number of carbonyl (C=O) groups is 2. The molecule has 0 aromatic rings. The minimum atomic E-state index is -1.07. The highest BCUT2D eigenvalue weighted by Crippen LogP contribution is 2.21. The van der Waals surface area contributed by atoms with Crippen LogP contribution in [0.2, 0.25) is 0 Å². The van der Waals surface area contributed by atoms with E-state index in [9.17, 15) is 9.59 Å². The van der Waals surface area contributed by atoms with Crippen LogP contribution in [-0.4, -0.2) is 65.8 Å². The Labute approximate surface area is 93.8 Å². The third-order valence-corrected chi connectivity index (χ3v) is 3.24. The molecule has 6 heteroatoms. The highest BCUT2D eigenvalue weighted by atomic mass is 16.6. The van der Waals surface area contributed by atoms with Crippen LogP contribution in [0.25, 0.3) is 0 Å². The molecule has 1 N–H and O–H groups in total. The number of carboxylic acids is 1. The zero-order valence-electron chi connectivity index (χ0n) is 9.26. The Morgan fingerprint density at radius 3 is 2.56 bits per heavy atom. The summed E-state index contributed by atoms with van der Waals surface area (Å²) >= 11 is 0. The molecular formula is C10H16N2O4. The summed E-state index contributed by atoms with van der Waals surface area (Å²) in [5, 5.41) is 8.78. The number of likely N-dealkylation sites (tertiary alicyclic amines) is 1. The summed E-state index contributed by atoms with van der Waals surface area (Å²) in [6.07, 6.45) is 0.296. The second kappa shape index (κ2) is 4.29. The molecule has 1 atom stereocenters. The highest BCUT2D eigenvalue weighted by molar-refractivity contribution is 5.81. The van der Waals surface area contributed by atoms with Crippen molar-refractivity contribution in [3.05, 3.63) is 0 Å². The Balaban J connectivity index is 1.95. The largest absolute Gasteiger partial charge is 0.478 e. The van der Waals surface area contributed by atoms with Crippen molar-refractivity contribution in [3.8, 4) is 0 Å². The van der Waals surface area contributed by atoms with Crippen molar-refractivity contribution < 1.29 is 19.4 Å². The Morgan fingerprint density at radius 2 is 2.06 bits per heavy atom. The molecule has 0 spiro atoms. The molecule has 0 saturated carbocycles. The van der Waals surface area contributed by atoms with E-state index in [0.29, 0.717) is 0 Å². The summed E-state index contributed by atoms with van der Waals surface area (Å²) in [6, 6.07) is 0.132. The number of rotatable bonds is 2. The van der Waals surface area contributed by atoms with Crippen LogP contribution in [0.15, 0.2) is 0 Å². The van der Waals surface area contributed by atoms with Crippen LogP contribution < -0.4 is 0 Å². The molecule has 90 valence electrons. The molecule has 0 aromatic carbocycles. The van der Waals surface area contributed by atoms with Gasteiger partial charge in [0.2, 0.25) is 6.10 Å². The van der Waals surface area contributed by atoms with Gasteiger partial charge in [-0.2, -0.15) is 0 Å². The molecule has 0 aliphatic carbocycles. The van der Waals surface area contributed by atoms with Crippen LogP contribution in [0.5, 0.6) is 0 Å². The molecule has 2 heterocycles. The van der Waals surface area contributed by atoms with Gasteiger partial charge in [0, 0.05) is 6.04 Å². The molecule has 16 heavy (non-hydrogen) atoms. The maximum atomic E-state index is 11.5. The van der Waals surface area contributed by atoms with E-state index in [1.165, 1.54) is 0 Å². The van der Waals surface area contributed by atoms with E-state index in [4.69, 9.17) is 9.84 Å². The molecule has 2 aliphatic heterocycles. The smallest absolute Gasteiger partial charge is 0.411 e. The van der Waals surface area contributed by atoms with Crippen LogP contribution in [0, 0.1) is 0 Å². The maximum Gasteiger partial charge on any atom is 0.411 e. The molecule has 2 fully saturated rings. The average Bonchev–Trinajstić information content (AvgIpc) is 2.62. The molecule has 0 aromatic heterocycles. The van der Waals surface area contributed by atoms with E-state index in [1.807, 2.05) is 7.05 Å². The van der Waals surface area contributed by atoms with E-state index >= 15 is 0 Å². The van der Waals surface area contributed by atoms with E-state index in [-0.39, 0.29) is 12.6 Å². The zero-order valence-corrected chi connectivity index (χ0v) is 9.26. The van der Waals surface area contributed by atoms with E-state index in [1.54, 1.807) is 4.90 Å². The Kier molecular flexibility index (Phi) is 3.00. The normalized spacial score (nSPS) is 28.2. The molecule has 0 bridgehead atoms. The fourth-order valence-electron chi connectivity index (χ4n) is 2.21. The van der Waals surface area contributed by atoms with Gasteiger partial charge >= 0.3 is 12.1 Å². The molecule has 0 unspecified atom stereocenters. The standard InChI is InChI=1S/C10H16N2O4/c1-11-4-2-7(3-5-11)12-6-8(9(13)14)16-10(12)15/h7-8H,2-6H2,1H3,(H,13,14)/t8-/m1/s1. The Morgan fingerprint density at radius 1 is 1.44 bits per heavy atom. The second-order valence-corrected chi connectivity index (χ2v) is 4.40. The quantitative estimate of drug-likeness (QED) is 0.719. The van der Waals surface area contributed by atoms with Crippen molar-refractivity contribution in [1.82, 2.24) is 9.80 Å². The predicted molar refractivity (Wildman–Crippen MR) is 55.1 cm³/mol. The van der Waals surface area contributed by atoms with Crippen molar-refractivity contribution in [1.29, 1.82) is 0 Å². The van der Waals surface area contributed by atoms with Crippen molar-refractivity contribution in [2.45, 2.75) is 25.0 Å². The minimum absolute atomic E-state index is 0.132. The predicted octanol–water partition coefficient (Wildman–Crippen LogP) is -0.0140. The SMILES string of the molecule is CN1CCC(N2C[C@H](C(=O)O)OC2=O)CC1. The maximum absolute atomic E-state index is 11.5.